The van der Waals surface area contributed by atoms with Crippen LogP contribution in [0.1, 0.15) is 56.1 Å². The molecule has 0 spiro atoms. The number of aryl methyl sites for hydroxylation is 1. The Bertz CT molecular complexity index is 854. The van der Waals surface area contributed by atoms with Crippen LogP contribution in [0, 0.1) is 5.92 Å². The molecule has 1 saturated heterocycles. The molecule has 1 fully saturated rings. The first-order valence-electron chi connectivity index (χ1n) is 10.1. The van der Waals surface area contributed by atoms with E-state index < -0.39 is 0 Å². The van der Waals surface area contributed by atoms with Crippen molar-refractivity contribution in [3.05, 3.63) is 34.8 Å². The third-order valence-corrected chi connectivity index (χ3v) is 6.24. The van der Waals surface area contributed by atoms with Gasteiger partial charge in [-0.2, -0.15) is 0 Å². The number of likely N-dealkylation sites (tertiary alicyclic amines) is 1. The second kappa shape index (κ2) is 9.82. The van der Waals surface area contributed by atoms with E-state index in [1.807, 2.05) is 36.1 Å². The third kappa shape index (κ3) is 4.75. The molecule has 0 saturated carbocycles. The fourth-order valence-electron chi connectivity index (χ4n) is 3.76. The zero-order chi connectivity index (χ0) is 20.8. The van der Waals surface area contributed by atoms with E-state index in [4.69, 9.17) is 4.74 Å². The summed E-state index contributed by atoms with van der Waals surface area (Å²) < 4.78 is 5.56. The van der Waals surface area contributed by atoms with Crippen LogP contribution < -0.4 is 10.1 Å². The molecule has 7 nitrogen and oxygen atoms in total. The number of rotatable bonds is 8. The lowest BCUT2D eigenvalue weighted by Crippen LogP contribution is -2.47. The summed E-state index contributed by atoms with van der Waals surface area (Å²) in [6.07, 6.45) is 3.51. The largest absolute Gasteiger partial charge is 0.496 e. The minimum Gasteiger partial charge on any atom is -0.496 e. The van der Waals surface area contributed by atoms with Crippen LogP contribution in [0.2, 0.25) is 0 Å². The highest BCUT2D eigenvalue weighted by Gasteiger charge is 2.41. The second-order valence-electron chi connectivity index (χ2n) is 7.12. The van der Waals surface area contributed by atoms with Gasteiger partial charge >= 0.3 is 0 Å². The molecular formula is C21H28N4O3S. The van der Waals surface area contributed by atoms with Crippen molar-refractivity contribution < 1.29 is 14.3 Å². The fraction of sp³-hybridized carbons (Fsp3) is 0.524. The molecule has 0 radical (unpaired) electrons. The number of carbonyl (C=O) groups is 2. The molecule has 1 aromatic heterocycles. The molecule has 0 unspecified atom stereocenters. The van der Waals surface area contributed by atoms with Crippen LogP contribution in [0.5, 0.6) is 5.75 Å². The second-order valence-corrected chi connectivity index (χ2v) is 8.18. The maximum absolute atomic E-state index is 13.2. The summed E-state index contributed by atoms with van der Waals surface area (Å²) in [5, 5.41) is 12.4. The van der Waals surface area contributed by atoms with Crippen LogP contribution in [0.25, 0.3) is 0 Å². The molecule has 8 heteroatoms. The number of anilines is 1. The Morgan fingerprint density at radius 2 is 2.10 bits per heavy atom. The van der Waals surface area contributed by atoms with Gasteiger partial charge in [-0.1, -0.05) is 49.8 Å². The molecular weight excluding hydrogens is 388 g/mol. The Labute approximate surface area is 175 Å². The number of hydrogen-bond acceptors (Lipinski definition) is 6. The standard InChI is InChI=1S/C21H28N4O3S/c1-4-6-13-25-18(26)12-11-15(19(25)14-9-7-8-10-16(14)28-3)20(27)22-21-24-23-17(5-2)29-21/h7-10,15,19H,4-6,11-13H2,1-3H3,(H,22,24,27)/t15-,19-/m1/s1. The highest BCUT2D eigenvalue weighted by molar-refractivity contribution is 7.15. The Morgan fingerprint density at radius 3 is 2.79 bits per heavy atom. The normalized spacial score (nSPS) is 19.3. The van der Waals surface area contributed by atoms with Gasteiger partial charge in [0.1, 0.15) is 10.8 Å². The number of ether oxygens (including phenoxy) is 1. The van der Waals surface area contributed by atoms with E-state index in [1.165, 1.54) is 11.3 Å². The zero-order valence-electron chi connectivity index (χ0n) is 17.2. The number of benzene rings is 1. The number of unbranched alkanes of at least 4 members (excludes halogenated alkanes) is 1. The Morgan fingerprint density at radius 1 is 1.31 bits per heavy atom. The zero-order valence-corrected chi connectivity index (χ0v) is 18.0. The lowest BCUT2D eigenvalue weighted by atomic mass is 9.83. The van der Waals surface area contributed by atoms with Crippen molar-refractivity contribution in [1.29, 1.82) is 0 Å². The summed E-state index contributed by atoms with van der Waals surface area (Å²) in [5.74, 6) is 0.266. The van der Waals surface area contributed by atoms with E-state index >= 15 is 0 Å². The predicted octanol–water partition coefficient (Wildman–Crippen LogP) is 3.83. The maximum Gasteiger partial charge on any atom is 0.231 e. The highest BCUT2D eigenvalue weighted by atomic mass is 32.1. The minimum atomic E-state index is -0.380. The summed E-state index contributed by atoms with van der Waals surface area (Å²) in [7, 11) is 1.61. The molecule has 1 aliphatic heterocycles. The van der Waals surface area contributed by atoms with Crippen molar-refractivity contribution >= 4 is 28.3 Å². The van der Waals surface area contributed by atoms with Crippen molar-refractivity contribution in [3.8, 4) is 5.75 Å². The van der Waals surface area contributed by atoms with Crippen LogP contribution in [-0.4, -0.2) is 40.6 Å². The number of nitrogens with one attached hydrogen (secondary N) is 1. The van der Waals surface area contributed by atoms with E-state index in [0.717, 1.165) is 29.8 Å². The minimum absolute atomic E-state index is 0.0857. The van der Waals surface area contributed by atoms with Crippen molar-refractivity contribution in [2.45, 2.75) is 52.0 Å². The van der Waals surface area contributed by atoms with E-state index in [-0.39, 0.29) is 23.8 Å². The molecule has 2 heterocycles. The smallest absolute Gasteiger partial charge is 0.231 e. The van der Waals surface area contributed by atoms with Gasteiger partial charge in [-0.25, -0.2) is 0 Å². The summed E-state index contributed by atoms with van der Waals surface area (Å²) in [5.41, 5.74) is 0.866. The van der Waals surface area contributed by atoms with Gasteiger partial charge < -0.3 is 15.0 Å². The lowest BCUT2D eigenvalue weighted by molar-refractivity contribution is -0.142. The van der Waals surface area contributed by atoms with Gasteiger partial charge in [0.25, 0.3) is 0 Å². The van der Waals surface area contributed by atoms with Gasteiger partial charge in [0.05, 0.1) is 19.1 Å². The Hall–Kier alpha value is -2.48. The lowest BCUT2D eigenvalue weighted by Gasteiger charge is -2.41. The van der Waals surface area contributed by atoms with Gasteiger partial charge in [-0.05, 0) is 25.3 Å². The van der Waals surface area contributed by atoms with Gasteiger partial charge in [0.2, 0.25) is 16.9 Å². The number of carbonyl (C=O) groups excluding carboxylic acids is 2. The van der Waals surface area contributed by atoms with Crippen molar-refractivity contribution in [3.63, 3.8) is 0 Å². The Balaban J connectivity index is 1.93. The van der Waals surface area contributed by atoms with Crippen LogP contribution in [0.15, 0.2) is 24.3 Å². The van der Waals surface area contributed by atoms with Crippen LogP contribution >= 0.6 is 11.3 Å². The number of aromatic nitrogens is 2. The molecule has 1 aromatic carbocycles. The van der Waals surface area contributed by atoms with E-state index in [0.29, 0.717) is 30.3 Å². The first kappa shape index (κ1) is 21.2. The molecule has 3 rings (SSSR count). The number of nitrogens with zero attached hydrogens (tertiary/aromatic N) is 3. The average molecular weight is 417 g/mol. The van der Waals surface area contributed by atoms with Gasteiger partial charge in [0.15, 0.2) is 0 Å². The van der Waals surface area contributed by atoms with Crippen LogP contribution in [0.3, 0.4) is 0 Å². The van der Waals surface area contributed by atoms with Gasteiger partial charge in [-0.15, -0.1) is 10.2 Å². The molecule has 29 heavy (non-hydrogen) atoms. The monoisotopic (exact) mass is 416 g/mol. The van der Waals surface area contributed by atoms with Gasteiger partial charge in [0, 0.05) is 18.5 Å². The highest BCUT2D eigenvalue weighted by Crippen LogP contribution is 2.41. The summed E-state index contributed by atoms with van der Waals surface area (Å²) in [6, 6.07) is 7.27. The molecule has 0 aliphatic carbocycles. The quantitative estimate of drug-likeness (QED) is 0.707. The number of methoxy groups -OCH3 is 1. The SMILES string of the molecule is CCCCN1C(=O)CC[C@@H](C(=O)Nc2nnc(CC)s2)[C@H]1c1ccccc1OC. The Kier molecular flexibility index (Phi) is 7.19. The van der Waals surface area contributed by atoms with E-state index in [1.54, 1.807) is 7.11 Å². The van der Waals surface area contributed by atoms with Crippen LogP contribution in [0.4, 0.5) is 5.13 Å². The summed E-state index contributed by atoms with van der Waals surface area (Å²) in [6.45, 7) is 4.72. The third-order valence-electron chi connectivity index (χ3n) is 5.25. The molecule has 1 aliphatic rings. The number of piperidine rings is 1. The first-order chi connectivity index (χ1) is 14.1. The molecule has 156 valence electrons. The molecule has 2 aromatic rings. The van der Waals surface area contributed by atoms with Gasteiger partial charge in [-0.3, -0.25) is 9.59 Å². The van der Waals surface area contributed by atoms with Crippen LogP contribution in [-0.2, 0) is 16.0 Å². The number of amides is 2. The van der Waals surface area contributed by atoms with Crippen molar-refractivity contribution in [2.75, 3.05) is 19.0 Å². The predicted molar refractivity (Wildman–Crippen MR) is 113 cm³/mol. The number of hydrogen-bond donors (Lipinski definition) is 1. The summed E-state index contributed by atoms with van der Waals surface area (Å²) in [4.78, 5) is 27.9. The molecule has 2 amide bonds. The van der Waals surface area contributed by atoms with E-state index in [9.17, 15) is 9.59 Å². The molecule has 2 atom stereocenters. The molecule has 0 bridgehead atoms. The topological polar surface area (TPSA) is 84.4 Å². The van der Waals surface area contributed by atoms with E-state index in [2.05, 4.69) is 22.4 Å². The average Bonchev–Trinajstić information content (AvgIpc) is 3.20. The maximum atomic E-state index is 13.2. The fourth-order valence-corrected chi connectivity index (χ4v) is 4.44. The van der Waals surface area contributed by atoms with Crippen molar-refractivity contribution in [2.24, 2.45) is 5.92 Å². The molecule has 1 N–H and O–H groups in total. The summed E-state index contributed by atoms with van der Waals surface area (Å²) >= 11 is 1.39. The number of para-hydroxylation sites is 1. The van der Waals surface area contributed by atoms with Crippen molar-refractivity contribution in [1.82, 2.24) is 15.1 Å². The first-order valence-corrected chi connectivity index (χ1v) is 11.0.